The summed E-state index contributed by atoms with van der Waals surface area (Å²) in [6, 6.07) is 10.4. The summed E-state index contributed by atoms with van der Waals surface area (Å²) < 4.78 is 37.0. The van der Waals surface area contributed by atoms with Gasteiger partial charge in [0, 0.05) is 46.3 Å². The molecule has 1 fully saturated rings. The summed E-state index contributed by atoms with van der Waals surface area (Å²) in [5.74, 6) is 0.827. The first kappa shape index (κ1) is 25.0. The number of hydrogen-bond acceptors (Lipinski definition) is 3. The molecule has 1 aliphatic heterocycles. The van der Waals surface area contributed by atoms with Crippen molar-refractivity contribution in [2.75, 3.05) is 59.9 Å². The van der Waals surface area contributed by atoms with E-state index in [0.29, 0.717) is 19.5 Å². The molecule has 1 aliphatic rings. The van der Waals surface area contributed by atoms with Crippen LogP contribution in [0.3, 0.4) is 0 Å². The summed E-state index contributed by atoms with van der Waals surface area (Å²) in [4.78, 5) is 10.2. The van der Waals surface area contributed by atoms with E-state index >= 15 is 0 Å². The minimum atomic E-state index is -4.14. The monoisotopic (exact) mass is 513 g/mol. The Kier molecular flexibility index (Phi) is 11.1. The van der Waals surface area contributed by atoms with Gasteiger partial charge >= 0.3 is 6.18 Å². The first-order chi connectivity index (χ1) is 12.9. The van der Waals surface area contributed by atoms with Gasteiger partial charge in [-0.3, -0.25) is 14.8 Å². The van der Waals surface area contributed by atoms with Gasteiger partial charge < -0.3 is 10.2 Å². The normalized spacial score (nSPS) is 16.2. The average molecular weight is 513 g/mol. The van der Waals surface area contributed by atoms with Crippen molar-refractivity contribution in [2.45, 2.75) is 19.1 Å². The van der Waals surface area contributed by atoms with Gasteiger partial charge in [-0.25, -0.2) is 0 Å². The van der Waals surface area contributed by atoms with Crippen LogP contribution < -0.4 is 5.32 Å². The van der Waals surface area contributed by atoms with Crippen LogP contribution in [-0.4, -0.2) is 86.7 Å². The molecule has 1 saturated heterocycles. The maximum Gasteiger partial charge on any atom is 0.401 e. The molecular weight excluding hydrogens is 482 g/mol. The third-order valence-corrected chi connectivity index (χ3v) is 4.58. The second-order valence-electron chi connectivity index (χ2n) is 6.93. The van der Waals surface area contributed by atoms with Crippen LogP contribution in [0, 0.1) is 0 Å². The summed E-state index contributed by atoms with van der Waals surface area (Å²) in [5, 5.41) is 3.27. The zero-order chi connectivity index (χ0) is 19.7. The molecule has 9 heteroatoms. The summed E-state index contributed by atoms with van der Waals surface area (Å²) in [6.45, 7) is 4.79. The van der Waals surface area contributed by atoms with Gasteiger partial charge in [-0.1, -0.05) is 30.3 Å². The number of hydrogen-bond donors (Lipinski definition) is 1. The molecule has 1 heterocycles. The van der Waals surface area contributed by atoms with Crippen molar-refractivity contribution in [3.05, 3.63) is 35.9 Å². The first-order valence-electron chi connectivity index (χ1n) is 9.34. The summed E-state index contributed by atoms with van der Waals surface area (Å²) in [7, 11) is 3.24. The van der Waals surface area contributed by atoms with E-state index in [2.05, 4.69) is 44.4 Å². The highest BCUT2D eigenvalue weighted by atomic mass is 127. The Bertz CT molecular complexity index is 575. The zero-order valence-electron chi connectivity index (χ0n) is 16.6. The molecule has 28 heavy (non-hydrogen) atoms. The Morgan fingerprint density at radius 2 is 1.79 bits per heavy atom. The number of alkyl halides is 3. The summed E-state index contributed by atoms with van der Waals surface area (Å²) >= 11 is 0. The summed E-state index contributed by atoms with van der Waals surface area (Å²) in [6.07, 6.45) is -3.50. The van der Waals surface area contributed by atoms with E-state index in [1.165, 1.54) is 17.5 Å². The molecule has 0 amide bonds. The van der Waals surface area contributed by atoms with Crippen molar-refractivity contribution in [3.8, 4) is 0 Å². The highest BCUT2D eigenvalue weighted by Gasteiger charge is 2.28. The molecule has 5 nitrogen and oxygen atoms in total. The standard InChI is InChI=1S/C19H30F3N5.HI/c1-23-18(24-9-6-10-25(2)16-19(20,21)22)27-13-11-26(12-14-27)15-17-7-4-3-5-8-17;/h3-5,7-8H,6,9-16H2,1-2H3,(H,23,24);1H. The van der Waals surface area contributed by atoms with Crippen molar-refractivity contribution >= 4 is 29.9 Å². The SMILES string of the molecule is CN=C(NCCCN(C)CC(F)(F)F)N1CCN(Cc2ccccc2)CC1.I. The Hall–Kier alpha value is -1.07. The second-order valence-corrected chi connectivity index (χ2v) is 6.93. The van der Waals surface area contributed by atoms with Crippen LogP contribution in [0.5, 0.6) is 0 Å². The van der Waals surface area contributed by atoms with Crippen molar-refractivity contribution in [2.24, 2.45) is 4.99 Å². The van der Waals surface area contributed by atoms with Crippen molar-refractivity contribution in [1.29, 1.82) is 0 Å². The molecule has 1 N–H and O–H groups in total. The smallest absolute Gasteiger partial charge is 0.356 e. The van der Waals surface area contributed by atoms with Gasteiger partial charge in [0.2, 0.25) is 0 Å². The van der Waals surface area contributed by atoms with Crippen molar-refractivity contribution in [3.63, 3.8) is 0 Å². The predicted octanol–water partition coefficient (Wildman–Crippen LogP) is 2.88. The van der Waals surface area contributed by atoms with E-state index in [4.69, 9.17) is 0 Å². The van der Waals surface area contributed by atoms with Crippen LogP contribution in [0.4, 0.5) is 13.2 Å². The molecule has 160 valence electrons. The number of nitrogens with one attached hydrogen (secondary N) is 1. The lowest BCUT2D eigenvalue weighted by molar-refractivity contribution is -0.143. The van der Waals surface area contributed by atoms with Gasteiger partial charge in [0.05, 0.1) is 6.54 Å². The van der Waals surface area contributed by atoms with E-state index in [9.17, 15) is 13.2 Å². The number of rotatable bonds is 7. The molecule has 0 aliphatic carbocycles. The number of benzene rings is 1. The lowest BCUT2D eigenvalue weighted by atomic mass is 10.2. The first-order valence-corrected chi connectivity index (χ1v) is 9.34. The number of piperazine rings is 1. The van der Waals surface area contributed by atoms with E-state index in [1.54, 1.807) is 7.05 Å². The Balaban J connectivity index is 0.00000392. The molecule has 0 spiro atoms. The molecule has 1 aromatic carbocycles. The highest BCUT2D eigenvalue weighted by molar-refractivity contribution is 14.0. The quantitative estimate of drug-likeness (QED) is 0.263. The topological polar surface area (TPSA) is 34.1 Å². The number of guanidine groups is 1. The van der Waals surface area contributed by atoms with E-state index < -0.39 is 12.7 Å². The Morgan fingerprint density at radius 3 is 2.36 bits per heavy atom. The number of aliphatic imine (C=N–C) groups is 1. The fourth-order valence-electron chi connectivity index (χ4n) is 3.23. The fourth-order valence-corrected chi connectivity index (χ4v) is 3.23. The molecular formula is C19H31F3IN5. The van der Waals surface area contributed by atoms with Crippen LogP contribution in [0.15, 0.2) is 35.3 Å². The van der Waals surface area contributed by atoms with Gasteiger partial charge in [0.25, 0.3) is 0 Å². The van der Waals surface area contributed by atoms with Gasteiger partial charge in [0.15, 0.2) is 5.96 Å². The molecule has 0 radical (unpaired) electrons. The minimum absolute atomic E-state index is 0. The van der Waals surface area contributed by atoms with E-state index in [0.717, 1.165) is 38.7 Å². The van der Waals surface area contributed by atoms with Gasteiger partial charge in [-0.05, 0) is 25.6 Å². The molecule has 0 bridgehead atoms. The molecule has 0 saturated carbocycles. The van der Waals surface area contributed by atoms with E-state index in [1.807, 2.05) is 6.07 Å². The van der Waals surface area contributed by atoms with Gasteiger partial charge in [-0.15, -0.1) is 24.0 Å². The minimum Gasteiger partial charge on any atom is -0.356 e. The van der Waals surface area contributed by atoms with Gasteiger partial charge in [0.1, 0.15) is 0 Å². The molecule has 1 aromatic rings. The Morgan fingerprint density at radius 1 is 1.14 bits per heavy atom. The zero-order valence-corrected chi connectivity index (χ0v) is 18.9. The molecule has 0 atom stereocenters. The van der Waals surface area contributed by atoms with Crippen LogP contribution in [0.25, 0.3) is 0 Å². The maximum absolute atomic E-state index is 12.3. The second kappa shape index (κ2) is 12.5. The van der Waals surface area contributed by atoms with Crippen LogP contribution in [0.2, 0.25) is 0 Å². The van der Waals surface area contributed by atoms with Crippen molar-refractivity contribution in [1.82, 2.24) is 20.0 Å². The van der Waals surface area contributed by atoms with Gasteiger partial charge in [-0.2, -0.15) is 13.2 Å². The maximum atomic E-state index is 12.3. The lowest BCUT2D eigenvalue weighted by Crippen LogP contribution is -2.52. The highest BCUT2D eigenvalue weighted by Crippen LogP contribution is 2.15. The molecule has 2 rings (SSSR count). The number of halogens is 4. The Labute approximate surface area is 183 Å². The third-order valence-electron chi connectivity index (χ3n) is 4.58. The van der Waals surface area contributed by atoms with E-state index in [-0.39, 0.29) is 24.0 Å². The predicted molar refractivity (Wildman–Crippen MR) is 118 cm³/mol. The molecule has 0 aromatic heterocycles. The fraction of sp³-hybridized carbons (Fsp3) is 0.632. The van der Waals surface area contributed by atoms with Crippen molar-refractivity contribution < 1.29 is 13.2 Å². The molecule has 0 unspecified atom stereocenters. The number of nitrogens with zero attached hydrogens (tertiary/aromatic N) is 4. The summed E-state index contributed by atoms with van der Waals surface area (Å²) in [5.41, 5.74) is 1.32. The van der Waals surface area contributed by atoms with Crippen LogP contribution in [-0.2, 0) is 6.54 Å². The van der Waals surface area contributed by atoms with Crippen LogP contribution >= 0.6 is 24.0 Å². The lowest BCUT2D eigenvalue weighted by Gasteiger charge is -2.36. The average Bonchev–Trinajstić information content (AvgIpc) is 2.62. The third kappa shape index (κ3) is 9.42. The largest absolute Gasteiger partial charge is 0.401 e. The van der Waals surface area contributed by atoms with Crippen LogP contribution in [0.1, 0.15) is 12.0 Å².